The van der Waals surface area contributed by atoms with Gasteiger partial charge in [-0.25, -0.2) is 4.98 Å². The van der Waals surface area contributed by atoms with Gasteiger partial charge in [0.05, 0.1) is 18.1 Å². The van der Waals surface area contributed by atoms with Crippen molar-refractivity contribution in [2.24, 2.45) is 0 Å². The minimum atomic E-state index is -0.503. The summed E-state index contributed by atoms with van der Waals surface area (Å²) in [5, 5.41) is 8.70. The number of aryl methyl sites for hydroxylation is 1. The molecule has 3 amide bonds. The Morgan fingerprint density at radius 1 is 0.848 bits per heavy atom. The summed E-state index contributed by atoms with van der Waals surface area (Å²) in [6, 6.07) is 32.9. The normalized spacial score (nSPS) is 11.8. The molecule has 3 N–H and O–H groups in total. The molecule has 5 aromatic rings. The molecule has 46 heavy (non-hydrogen) atoms. The zero-order valence-electron chi connectivity index (χ0n) is 25.4. The van der Waals surface area contributed by atoms with Gasteiger partial charge >= 0.3 is 0 Å². The van der Waals surface area contributed by atoms with Crippen molar-refractivity contribution in [3.63, 3.8) is 0 Å². The van der Waals surface area contributed by atoms with Crippen LogP contribution in [0, 0.1) is 6.92 Å². The second-order valence-electron chi connectivity index (χ2n) is 10.1. The molecule has 0 spiro atoms. The summed E-state index contributed by atoms with van der Waals surface area (Å²) in [5.41, 5.74) is 3.49. The van der Waals surface area contributed by atoms with E-state index in [9.17, 15) is 14.4 Å². The Hall–Kier alpha value is -5.19. The summed E-state index contributed by atoms with van der Waals surface area (Å²) >= 11 is 2.84. The van der Waals surface area contributed by atoms with Gasteiger partial charge in [-0.05, 0) is 62.4 Å². The van der Waals surface area contributed by atoms with Gasteiger partial charge < -0.3 is 20.7 Å². The van der Waals surface area contributed by atoms with E-state index in [1.54, 1.807) is 61.7 Å². The Bertz CT molecular complexity index is 1860. The number of hydrogen-bond acceptors (Lipinski definition) is 7. The van der Waals surface area contributed by atoms with Crippen molar-refractivity contribution < 1.29 is 19.1 Å². The number of nitrogens with one attached hydrogen (secondary N) is 3. The summed E-state index contributed by atoms with van der Waals surface area (Å²) in [4.78, 5) is 45.9. The lowest BCUT2D eigenvalue weighted by atomic mass is 10.1. The van der Waals surface area contributed by atoms with E-state index in [1.807, 2.05) is 74.5 Å². The van der Waals surface area contributed by atoms with E-state index in [0.29, 0.717) is 27.7 Å². The Morgan fingerprint density at radius 2 is 1.50 bits per heavy atom. The molecule has 1 aromatic heterocycles. The first-order valence-electron chi connectivity index (χ1n) is 14.4. The molecule has 0 fully saturated rings. The minimum Gasteiger partial charge on any atom is -0.496 e. The maximum absolute atomic E-state index is 13.4. The molecule has 0 saturated heterocycles. The second kappa shape index (κ2) is 15.2. The molecule has 0 aliphatic heterocycles. The van der Waals surface area contributed by atoms with Gasteiger partial charge in [0, 0.05) is 32.2 Å². The standard InChI is InChI=1S/C36H32N4O4S2/c1-23-32(25-12-6-4-7-13-25)39-36(46-23)40-33(41)24(2)45-29-20-18-28(19-21-29)37-35(43)30(22-27-16-10-11-17-31(27)44-3)38-34(42)26-14-8-5-9-15-26/h4-22,24H,1-3H3,(H,37,43)(H,38,42)(H,39,40,41)/b30-22-. The van der Waals surface area contributed by atoms with E-state index >= 15 is 0 Å². The van der Waals surface area contributed by atoms with Crippen molar-refractivity contribution in [1.82, 2.24) is 10.3 Å². The number of rotatable bonds is 11. The average Bonchev–Trinajstić information content (AvgIpc) is 3.45. The number of ether oxygens (including phenoxy) is 1. The van der Waals surface area contributed by atoms with E-state index in [1.165, 1.54) is 23.1 Å². The third-order valence-corrected chi connectivity index (χ3v) is 8.83. The zero-order chi connectivity index (χ0) is 32.5. The highest BCUT2D eigenvalue weighted by molar-refractivity contribution is 8.00. The molecule has 4 aromatic carbocycles. The number of hydrogen-bond donors (Lipinski definition) is 3. The van der Waals surface area contributed by atoms with Crippen molar-refractivity contribution in [2.45, 2.75) is 24.0 Å². The maximum Gasteiger partial charge on any atom is 0.272 e. The number of thiazole rings is 1. The molecule has 1 heterocycles. The van der Waals surface area contributed by atoms with Crippen LogP contribution in [0.15, 0.2) is 120 Å². The molecule has 10 heteroatoms. The number of methoxy groups -OCH3 is 1. The predicted octanol–water partition coefficient (Wildman–Crippen LogP) is 7.66. The average molecular weight is 649 g/mol. The number of carbonyl (C=O) groups excluding carboxylic acids is 3. The highest BCUT2D eigenvalue weighted by Gasteiger charge is 2.19. The molecule has 5 rings (SSSR count). The fraction of sp³-hybridized carbons (Fsp3) is 0.111. The smallest absolute Gasteiger partial charge is 0.272 e. The molecule has 1 atom stereocenters. The van der Waals surface area contributed by atoms with Crippen molar-refractivity contribution in [3.05, 3.63) is 131 Å². The topological polar surface area (TPSA) is 109 Å². The third kappa shape index (κ3) is 8.29. The predicted molar refractivity (Wildman–Crippen MR) is 186 cm³/mol. The lowest BCUT2D eigenvalue weighted by Crippen LogP contribution is -2.30. The highest BCUT2D eigenvalue weighted by atomic mass is 32.2. The van der Waals surface area contributed by atoms with Crippen LogP contribution in [-0.2, 0) is 9.59 Å². The van der Waals surface area contributed by atoms with Crippen molar-refractivity contribution in [1.29, 1.82) is 0 Å². The summed E-state index contributed by atoms with van der Waals surface area (Å²) in [7, 11) is 1.54. The SMILES string of the molecule is COc1ccccc1/C=C(\NC(=O)c1ccccc1)C(=O)Nc1ccc(SC(C)C(=O)Nc2nc(-c3ccccc3)c(C)s2)cc1. The number of amides is 3. The van der Waals surface area contributed by atoms with Crippen LogP contribution in [0.1, 0.15) is 27.7 Å². The summed E-state index contributed by atoms with van der Waals surface area (Å²) < 4.78 is 5.43. The van der Waals surface area contributed by atoms with Gasteiger partial charge in [-0.1, -0.05) is 66.7 Å². The molecule has 0 aliphatic carbocycles. The van der Waals surface area contributed by atoms with Crippen LogP contribution in [0.4, 0.5) is 10.8 Å². The van der Waals surface area contributed by atoms with Crippen LogP contribution >= 0.6 is 23.1 Å². The largest absolute Gasteiger partial charge is 0.496 e. The molecule has 0 aliphatic rings. The third-order valence-electron chi connectivity index (χ3n) is 6.84. The minimum absolute atomic E-state index is 0.0509. The van der Waals surface area contributed by atoms with Crippen LogP contribution in [0.25, 0.3) is 17.3 Å². The number of carbonyl (C=O) groups is 3. The molecule has 1 unspecified atom stereocenters. The first-order chi connectivity index (χ1) is 22.3. The monoisotopic (exact) mass is 648 g/mol. The summed E-state index contributed by atoms with van der Waals surface area (Å²) in [6.07, 6.45) is 1.58. The van der Waals surface area contributed by atoms with E-state index in [-0.39, 0.29) is 11.6 Å². The van der Waals surface area contributed by atoms with Crippen LogP contribution in [0.3, 0.4) is 0 Å². The zero-order valence-corrected chi connectivity index (χ0v) is 27.1. The van der Waals surface area contributed by atoms with Gasteiger partial charge in [-0.2, -0.15) is 0 Å². The van der Waals surface area contributed by atoms with Gasteiger partial charge in [-0.15, -0.1) is 23.1 Å². The van der Waals surface area contributed by atoms with E-state index in [4.69, 9.17) is 4.74 Å². The number of anilines is 2. The number of para-hydroxylation sites is 1. The second-order valence-corrected chi connectivity index (χ2v) is 12.8. The Morgan fingerprint density at radius 3 is 2.20 bits per heavy atom. The van der Waals surface area contributed by atoms with Crippen LogP contribution in [0.2, 0.25) is 0 Å². The molecule has 0 saturated carbocycles. The molecule has 0 bridgehead atoms. The number of benzene rings is 4. The molecule has 0 radical (unpaired) electrons. The Kier molecular flexibility index (Phi) is 10.6. The molecular formula is C36H32N4O4S2. The highest BCUT2D eigenvalue weighted by Crippen LogP contribution is 2.31. The van der Waals surface area contributed by atoms with Gasteiger partial charge in [0.15, 0.2) is 5.13 Å². The summed E-state index contributed by atoms with van der Waals surface area (Å²) in [6.45, 7) is 3.82. The van der Waals surface area contributed by atoms with Gasteiger partial charge in [-0.3, -0.25) is 14.4 Å². The first-order valence-corrected chi connectivity index (χ1v) is 16.1. The maximum atomic E-state index is 13.4. The number of thioether (sulfide) groups is 1. The first kappa shape index (κ1) is 32.2. The van der Waals surface area contributed by atoms with Crippen LogP contribution in [0.5, 0.6) is 5.75 Å². The fourth-order valence-corrected chi connectivity index (χ4v) is 6.18. The van der Waals surface area contributed by atoms with Crippen molar-refractivity contribution >= 4 is 57.7 Å². The summed E-state index contributed by atoms with van der Waals surface area (Å²) in [5.74, 6) is -0.518. The van der Waals surface area contributed by atoms with Crippen LogP contribution in [-0.4, -0.2) is 35.1 Å². The lowest BCUT2D eigenvalue weighted by Gasteiger charge is -2.13. The van der Waals surface area contributed by atoms with Crippen molar-refractivity contribution in [3.8, 4) is 17.0 Å². The fourth-order valence-electron chi connectivity index (χ4n) is 4.48. The Balaban J connectivity index is 1.24. The van der Waals surface area contributed by atoms with E-state index < -0.39 is 17.1 Å². The van der Waals surface area contributed by atoms with Crippen molar-refractivity contribution in [2.75, 3.05) is 17.7 Å². The van der Waals surface area contributed by atoms with Crippen LogP contribution < -0.4 is 20.7 Å². The Labute approximate surface area is 275 Å². The quantitative estimate of drug-likeness (QED) is 0.100. The number of nitrogens with zero attached hydrogens (tertiary/aromatic N) is 1. The van der Waals surface area contributed by atoms with E-state index in [0.717, 1.165) is 21.0 Å². The molecular weight excluding hydrogens is 617 g/mol. The molecule has 232 valence electrons. The van der Waals surface area contributed by atoms with Gasteiger partial charge in [0.2, 0.25) is 5.91 Å². The van der Waals surface area contributed by atoms with Gasteiger partial charge in [0.1, 0.15) is 11.4 Å². The molecule has 8 nitrogen and oxygen atoms in total. The van der Waals surface area contributed by atoms with Gasteiger partial charge in [0.25, 0.3) is 11.8 Å². The lowest BCUT2D eigenvalue weighted by molar-refractivity contribution is -0.115. The number of aromatic nitrogens is 1. The van der Waals surface area contributed by atoms with E-state index in [2.05, 4.69) is 20.9 Å².